The van der Waals surface area contributed by atoms with Crippen LogP contribution in [0.15, 0.2) is 47.7 Å². The molecule has 214 valence electrons. The summed E-state index contributed by atoms with van der Waals surface area (Å²) in [7, 11) is 0. The van der Waals surface area contributed by atoms with Crippen LogP contribution < -0.4 is 16.2 Å². The van der Waals surface area contributed by atoms with Gasteiger partial charge < -0.3 is 10.7 Å². The van der Waals surface area contributed by atoms with Gasteiger partial charge in [-0.05, 0) is 68.7 Å². The monoisotopic (exact) mass is 562 g/mol. The predicted octanol–water partition coefficient (Wildman–Crippen LogP) is 5.44. The summed E-state index contributed by atoms with van der Waals surface area (Å²) < 4.78 is 39.9. The number of aryl methyl sites for hydroxylation is 3. The summed E-state index contributed by atoms with van der Waals surface area (Å²) in [5, 5.41) is 1.92. The lowest BCUT2D eigenvalue weighted by atomic mass is 9.94. The highest BCUT2D eigenvalue weighted by Crippen LogP contribution is 2.38. The molecule has 0 radical (unpaired) electrons. The molecular weight excluding hydrogens is 529 g/mol. The average molecular weight is 563 g/mol. The molecule has 0 spiro atoms. The Hall–Kier alpha value is -4.23. The van der Waals surface area contributed by atoms with E-state index in [9.17, 15) is 18.0 Å². The number of Topliss-reactive ketones (excluding diaryl/α,β-unsaturated/α-hetero) is 1. The molecular formula is C31H33F3N6O. The van der Waals surface area contributed by atoms with E-state index >= 15 is 0 Å². The van der Waals surface area contributed by atoms with Crippen LogP contribution in [0, 0.1) is 31.6 Å². The number of hydrogen-bond donors (Lipinski definition) is 2. The Morgan fingerprint density at radius 1 is 1.20 bits per heavy atom. The van der Waals surface area contributed by atoms with Gasteiger partial charge in [0.05, 0.1) is 11.1 Å². The van der Waals surface area contributed by atoms with Crippen molar-refractivity contribution in [3.8, 4) is 11.8 Å². The fourth-order valence-corrected chi connectivity index (χ4v) is 4.92. The fraction of sp³-hybridized carbons (Fsp3) is 0.355. The summed E-state index contributed by atoms with van der Waals surface area (Å²) in [6.45, 7) is 12.1. The number of nitrogens with two attached hydrogens (primary N) is 1. The van der Waals surface area contributed by atoms with E-state index in [1.807, 2.05) is 37.1 Å². The first-order chi connectivity index (χ1) is 19.3. The summed E-state index contributed by atoms with van der Waals surface area (Å²) >= 11 is 0. The van der Waals surface area contributed by atoms with Crippen molar-refractivity contribution in [3.05, 3.63) is 81.7 Å². The van der Waals surface area contributed by atoms with Gasteiger partial charge in [-0.2, -0.15) is 13.2 Å². The Morgan fingerprint density at radius 3 is 2.63 bits per heavy atom. The van der Waals surface area contributed by atoms with Gasteiger partial charge >= 0.3 is 6.18 Å². The maximum atomic E-state index is 13.3. The molecule has 0 fully saturated rings. The summed E-state index contributed by atoms with van der Waals surface area (Å²) in [5.74, 6) is 7.45. The van der Waals surface area contributed by atoms with Crippen LogP contribution >= 0.6 is 0 Å². The van der Waals surface area contributed by atoms with Gasteiger partial charge in [-0.3, -0.25) is 9.80 Å². The Morgan fingerprint density at radius 2 is 1.93 bits per heavy atom. The Balaban J connectivity index is 1.55. The van der Waals surface area contributed by atoms with E-state index in [0.717, 1.165) is 22.8 Å². The number of aromatic nitrogens is 2. The third-order valence-corrected chi connectivity index (χ3v) is 7.16. The molecule has 3 aromatic rings. The number of aliphatic imine (C=N–C) groups is 1. The molecule has 0 saturated carbocycles. The first-order valence-electron chi connectivity index (χ1n) is 13.2. The van der Waals surface area contributed by atoms with Crippen LogP contribution in [0.25, 0.3) is 0 Å². The van der Waals surface area contributed by atoms with Crippen LogP contribution in [0.4, 0.5) is 24.8 Å². The van der Waals surface area contributed by atoms with E-state index in [2.05, 4.69) is 45.9 Å². The summed E-state index contributed by atoms with van der Waals surface area (Å²) in [6.07, 6.45) is -2.65. The van der Waals surface area contributed by atoms with Crippen LogP contribution in [-0.4, -0.2) is 35.6 Å². The molecule has 1 unspecified atom stereocenters. The van der Waals surface area contributed by atoms with E-state index < -0.39 is 17.3 Å². The number of fused-ring (bicyclic) bond motifs is 1. The van der Waals surface area contributed by atoms with Crippen LogP contribution in [0.1, 0.15) is 64.0 Å². The molecule has 3 N–H and O–H groups in total. The van der Waals surface area contributed by atoms with Crippen molar-refractivity contribution in [2.24, 2.45) is 10.9 Å². The number of nitrogens with zero attached hydrogens (tertiary/aromatic N) is 4. The molecule has 10 heteroatoms. The van der Waals surface area contributed by atoms with Gasteiger partial charge in [0.1, 0.15) is 17.7 Å². The first kappa shape index (κ1) is 29.7. The highest BCUT2D eigenvalue weighted by molar-refractivity contribution is 5.96. The molecule has 1 aliphatic rings. The smallest absolute Gasteiger partial charge is 0.383 e. The van der Waals surface area contributed by atoms with Crippen LogP contribution in [0.2, 0.25) is 0 Å². The molecule has 2 atom stereocenters. The van der Waals surface area contributed by atoms with Gasteiger partial charge in [-0.15, -0.1) is 0 Å². The molecule has 1 aromatic heterocycles. The van der Waals surface area contributed by atoms with E-state index in [4.69, 9.17) is 5.73 Å². The summed E-state index contributed by atoms with van der Waals surface area (Å²) in [4.78, 5) is 25.4. The molecule has 2 heterocycles. The number of carbonyl (C=O) groups excluding carboxylic acids is 1. The number of alkyl halides is 3. The van der Waals surface area contributed by atoms with Crippen molar-refractivity contribution < 1.29 is 18.0 Å². The zero-order valence-electron chi connectivity index (χ0n) is 23.6. The molecule has 0 bridgehead atoms. The van der Waals surface area contributed by atoms with E-state index in [1.165, 1.54) is 25.4 Å². The van der Waals surface area contributed by atoms with Crippen LogP contribution in [0.3, 0.4) is 0 Å². The number of hydrogen-bond acceptors (Lipinski definition) is 7. The molecule has 2 aromatic carbocycles. The number of carbonyl (C=O) groups is 1. The zero-order valence-corrected chi connectivity index (χ0v) is 23.6. The minimum Gasteiger partial charge on any atom is -0.383 e. The lowest BCUT2D eigenvalue weighted by molar-refractivity contribution is -0.138. The van der Waals surface area contributed by atoms with Gasteiger partial charge in [0.25, 0.3) is 0 Å². The van der Waals surface area contributed by atoms with Crippen molar-refractivity contribution >= 4 is 24.1 Å². The number of benzene rings is 2. The standard InChI is InChI=1S/C31H33F3N6O/c1-19(16-36-5)17-40-29-27(28(35)37-18-38-29)30(4,39-40)13-12-23-14-22(8-6-20(23)2)9-11-26(41)24-10-7-21(3)25(15-24)31(32,33)34/h6-8,10,14-15,18-19,39H,5,9,11,16-17H2,1-4H3,(H2,35,37,38)/t19-,30?/m0/s1. The molecule has 7 nitrogen and oxygen atoms in total. The maximum Gasteiger partial charge on any atom is 0.416 e. The predicted molar refractivity (Wildman–Crippen MR) is 155 cm³/mol. The Bertz CT molecular complexity index is 1540. The van der Waals surface area contributed by atoms with E-state index in [1.54, 1.807) is 0 Å². The molecule has 4 rings (SSSR count). The largest absolute Gasteiger partial charge is 0.416 e. The molecule has 1 aliphatic heterocycles. The lowest BCUT2D eigenvalue weighted by Gasteiger charge is -2.25. The lowest BCUT2D eigenvalue weighted by Crippen LogP contribution is -2.45. The number of nitrogens with one attached hydrogen (secondary N) is 1. The highest BCUT2D eigenvalue weighted by atomic mass is 19.4. The SMILES string of the molecule is C=NC[C@H](C)CN1NC(C)(C#Cc2cc(CCC(=O)c3ccc(C)c(C(F)(F)F)c3)ccc2C)c2c(N)ncnc21. The van der Waals surface area contributed by atoms with Crippen LogP contribution in [-0.2, 0) is 18.1 Å². The van der Waals surface area contributed by atoms with Gasteiger partial charge in [0.15, 0.2) is 11.6 Å². The zero-order chi connectivity index (χ0) is 29.9. The fourth-order valence-electron chi connectivity index (χ4n) is 4.92. The number of anilines is 2. The van der Waals surface area contributed by atoms with Crippen LogP contribution in [0.5, 0.6) is 0 Å². The minimum atomic E-state index is -4.51. The second-order valence-corrected chi connectivity index (χ2v) is 10.7. The van der Waals surface area contributed by atoms with E-state index in [-0.39, 0.29) is 29.2 Å². The maximum absolute atomic E-state index is 13.3. The number of nitrogen functional groups attached to an aromatic ring is 1. The van der Waals surface area contributed by atoms with Gasteiger partial charge in [-0.25, -0.2) is 15.4 Å². The number of ketones is 1. The van der Waals surface area contributed by atoms with Crippen molar-refractivity contribution in [1.29, 1.82) is 0 Å². The minimum absolute atomic E-state index is 0.0523. The van der Waals surface area contributed by atoms with Gasteiger partial charge in [0, 0.05) is 30.6 Å². The topological polar surface area (TPSA) is 96.5 Å². The second-order valence-electron chi connectivity index (χ2n) is 10.7. The van der Waals surface area contributed by atoms with Crippen molar-refractivity contribution in [2.75, 3.05) is 23.8 Å². The van der Waals surface area contributed by atoms with Crippen molar-refractivity contribution in [3.63, 3.8) is 0 Å². The highest BCUT2D eigenvalue weighted by Gasteiger charge is 2.41. The third-order valence-electron chi connectivity index (χ3n) is 7.16. The van der Waals surface area contributed by atoms with Gasteiger partial charge in [0.2, 0.25) is 0 Å². The molecule has 0 saturated heterocycles. The Labute approximate surface area is 238 Å². The summed E-state index contributed by atoms with van der Waals surface area (Å²) in [5.41, 5.74) is 11.5. The molecule has 0 aliphatic carbocycles. The molecule has 41 heavy (non-hydrogen) atoms. The Kier molecular flexibility index (Phi) is 8.50. The van der Waals surface area contributed by atoms with Crippen molar-refractivity contribution in [2.45, 2.75) is 52.3 Å². The second kappa shape index (κ2) is 11.7. The first-order valence-corrected chi connectivity index (χ1v) is 13.2. The third kappa shape index (κ3) is 6.57. The average Bonchev–Trinajstić information content (AvgIpc) is 3.19. The molecule has 0 amide bonds. The summed E-state index contributed by atoms with van der Waals surface area (Å²) in [6, 6.07) is 9.44. The quantitative estimate of drug-likeness (QED) is 0.216. The normalized spacial score (nSPS) is 17.0. The number of hydrazine groups is 1. The van der Waals surface area contributed by atoms with Gasteiger partial charge in [-0.1, -0.05) is 43.0 Å². The van der Waals surface area contributed by atoms with Crippen molar-refractivity contribution in [1.82, 2.24) is 15.4 Å². The number of halogens is 3. The number of rotatable bonds is 8. The van der Waals surface area contributed by atoms with E-state index in [0.29, 0.717) is 36.7 Å².